The fraction of sp³-hybridized carbons (Fsp3) is 0.160. The Morgan fingerprint density at radius 2 is 1.88 bits per heavy atom. The number of hydrogen-bond donors (Lipinski definition) is 2. The first kappa shape index (κ1) is 20.4. The van der Waals surface area contributed by atoms with E-state index in [4.69, 9.17) is 22.3 Å². The first-order chi connectivity index (χ1) is 15.6. The minimum atomic E-state index is -0.0845. The molecule has 1 aliphatic rings. The van der Waals surface area contributed by atoms with E-state index in [1.54, 1.807) is 0 Å². The maximum Gasteiger partial charge on any atom is 0.255 e. The highest BCUT2D eigenvalue weighted by Crippen LogP contribution is 2.26. The highest BCUT2D eigenvalue weighted by atomic mass is 35.5. The van der Waals surface area contributed by atoms with Gasteiger partial charge in [-0.05, 0) is 42.0 Å². The molecule has 6 nitrogen and oxygen atoms in total. The fourth-order valence-corrected chi connectivity index (χ4v) is 4.23. The summed E-state index contributed by atoms with van der Waals surface area (Å²) >= 11 is 6.28. The topological polar surface area (TPSA) is 87.9 Å². The van der Waals surface area contributed by atoms with Crippen LogP contribution < -0.4 is 11.3 Å². The van der Waals surface area contributed by atoms with E-state index in [1.165, 1.54) is 0 Å². The van der Waals surface area contributed by atoms with Crippen LogP contribution in [0.3, 0.4) is 0 Å². The molecule has 160 valence electrons. The molecule has 0 aliphatic carbocycles. The summed E-state index contributed by atoms with van der Waals surface area (Å²) in [6, 6.07) is 19.1. The van der Waals surface area contributed by atoms with Crippen LogP contribution in [0.4, 0.5) is 5.69 Å². The van der Waals surface area contributed by atoms with Crippen molar-refractivity contribution in [3.63, 3.8) is 0 Å². The van der Waals surface area contributed by atoms with Gasteiger partial charge in [-0.1, -0.05) is 35.9 Å². The number of anilines is 1. The summed E-state index contributed by atoms with van der Waals surface area (Å²) in [6.45, 7) is 2.11. The van der Waals surface area contributed by atoms with Gasteiger partial charge in [-0.15, -0.1) is 0 Å². The van der Waals surface area contributed by atoms with Gasteiger partial charge < -0.3 is 10.7 Å². The lowest BCUT2D eigenvalue weighted by molar-refractivity contribution is 0.241. The van der Waals surface area contributed by atoms with Crippen LogP contribution in [0.2, 0.25) is 5.02 Å². The monoisotopic (exact) mass is 443 g/mol. The van der Waals surface area contributed by atoms with E-state index >= 15 is 0 Å². The number of aromatic nitrogens is 3. The van der Waals surface area contributed by atoms with Crippen LogP contribution in [0, 0.1) is 0 Å². The Hall–Kier alpha value is -3.48. The smallest absolute Gasteiger partial charge is 0.255 e. The maximum absolute atomic E-state index is 12.8. The van der Waals surface area contributed by atoms with Crippen LogP contribution in [0.15, 0.2) is 71.7 Å². The number of rotatable bonds is 4. The molecule has 1 aliphatic heterocycles. The van der Waals surface area contributed by atoms with Crippen molar-refractivity contribution in [2.45, 2.75) is 19.5 Å². The Morgan fingerprint density at radius 3 is 2.62 bits per heavy atom. The summed E-state index contributed by atoms with van der Waals surface area (Å²) in [5.41, 5.74) is 11.7. The molecule has 3 N–H and O–H groups in total. The number of nitrogens with two attached hydrogens (primary N) is 1. The third-order valence-corrected chi connectivity index (χ3v) is 6.04. The molecule has 0 bridgehead atoms. The average Bonchev–Trinajstić information content (AvgIpc) is 2.81. The molecule has 2 aromatic heterocycles. The number of nitrogens with zero attached hydrogens (tertiary/aromatic N) is 3. The molecule has 0 saturated carbocycles. The number of hydrogen-bond acceptors (Lipinski definition) is 5. The van der Waals surface area contributed by atoms with Crippen LogP contribution in [0.25, 0.3) is 22.6 Å². The lowest BCUT2D eigenvalue weighted by Gasteiger charge is -2.27. The predicted octanol–water partition coefficient (Wildman–Crippen LogP) is 4.29. The minimum absolute atomic E-state index is 0.0845. The second-order valence-electron chi connectivity index (χ2n) is 7.95. The Kier molecular flexibility index (Phi) is 5.47. The van der Waals surface area contributed by atoms with Gasteiger partial charge in [0.05, 0.1) is 17.0 Å². The van der Waals surface area contributed by atoms with Gasteiger partial charge in [0.15, 0.2) is 0 Å². The van der Waals surface area contributed by atoms with E-state index in [-0.39, 0.29) is 5.56 Å². The number of fused-ring (bicyclic) bond motifs is 1. The standard InChI is InChI=1S/C25H22ClN5O/c26-21-4-2-1-3-19(21)22-10-5-16(13-28-22)14-31-12-11-23-20(15-31)25(32)30-24(29-23)17-6-8-18(27)9-7-17/h1-10,13H,11-12,14-15,27H2,(H,29,30,32). The molecule has 0 radical (unpaired) electrons. The van der Waals surface area contributed by atoms with E-state index in [2.05, 4.69) is 20.9 Å². The van der Waals surface area contributed by atoms with Crippen LogP contribution in [0.1, 0.15) is 16.8 Å². The Balaban J connectivity index is 1.32. The zero-order valence-corrected chi connectivity index (χ0v) is 18.1. The van der Waals surface area contributed by atoms with Crippen LogP contribution in [-0.2, 0) is 19.5 Å². The molecular weight excluding hydrogens is 422 g/mol. The van der Waals surface area contributed by atoms with Crippen molar-refractivity contribution in [3.8, 4) is 22.6 Å². The number of halogens is 1. The number of aromatic amines is 1. The van der Waals surface area contributed by atoms with Gasteiger partial charge in [0.25, 0.3) is 5.56 Å². The fourth-order valence-electron chi connectivity index (χ4n) is 4.00. The van der Waals surface area contributed by atoms with Crippen LogP contribution in [-0.4, -0.2) is 26.4 Å². The summed E-state index contributed by atoms with van der Waals surface area (Å²) in [6.07, 6.45) is 2.60. The van der Waals surface area contributed by atoms with E-state index < -0.39 is 0 Å². The Bertz CT molecular complexity index is 1320. The van der Waals surface area contributed by atoms with Crippen molar-refractivity contribution in [1.82, 2.24) is 19.9 Å². The Morgan fingerprint density at radius 1 is 1.06 bits per heavy atom. The first-order valence-corrected chi connectivity index (χ1v) is 10.8. The van der Waals surface area contributed by atoms with E-state index in [1.807, 2.05) is 60.8 Å². The second kappa shape index (κ2) is 8.57. The summed E-state index contributed by atoms with van der Waals surface area (Å²) in [4.78, 5) is 27.3. The molecule has 2 aromatic carbocycles. The molecule has 32 heavy (non-hydrogen) atoms. The zero-order valence-electron chi connectivity index (χ0n) is 17.4. The average molecular weight is 444 g/mol. The number of benzene rings is 2. The normalized spacial score (nSPS) is 13.7. The summed E-state index contributed by atoms with van der Waals surface area (Å²) in [5.74, 6) is 0.585. The highest BCUT2D eigenvalue weighted by molar-refractivity contribution is 6.33. The van der Waals surface area contributed by atoms with Crippen LogP contribution >= 0.6 is 11.6 Å². The molecule has 7 heteroatoms. The van der Waals surface area contributed by atoms with Crippen molar-refractivity contribution in [2.75, 3.05) is 12.3 Å². The minimum Gasteiger partial charge on any atom is -0.399 e. The summed E-state index contributed by atoms with van der Waals surface area (Å²) in [7, 11) is 0. The van der Waals surface area contributed by atoms with Gasteiger partial charge in [-0.2, -0.15) is 0 Å². The molecule has 0 spiro atoms. The van der Waals surface area contributed by atoms with Crippen molar-refractivity contribution >= 4 is 17.3 Å². The quantitative estimate of drug-likeness (QED) is 0.459. The second-order valence-corrected chi connectivity index (χ2v) is 8.36. The summed E-state index contributed by atoms with van der Waals surface area (Å²) < 4.78 is 0. The molecule has 0 saturated heterocycles. The van der Waals surface area contributed by atoms with Crippen LogP contribution in [0.5, 0.6) is 0 Å². The number of nitrogens with one attached hydrogen (secondary N) is 1. The van der Waals surface area contributed by atoms with Gasteiger partial charge in [0.1, 0.15) is 5.82 Å². The molecule has 0 fully saturated rings. The van der Waals surface area contributed by atoms with Crippen molar-refractivity contribution in [3.05, 3.63) is 99.1 Å². The maximum atomic E-state index is 12.8. The third-order valence-electron chi connectivity index (χ3n) is 5.71. The third kappa shape index (κ3) is 4.15. The number of pyridine rings is 1. The molecule has 0 atom stereocenters. The molecule has 0 amide bonds. The van der Waals surface area contributed by atoms with Gasteiger partial charge in [-0.25, -0.2) is 4.98 Å². The van der Waals surface area contributed by atoms with Gasteiger partial charge in [-0.3, -0.25) is 14.7 Å². The first-order valence-electron chi connectivity index (χ1n) is 10.5. The van der Waals surface area contributed by atoms with Crippen molar-refractivity contribution < 1.29 is 0 Å². The molecule has 4 aromatic rings. The molecule has 5 rings (SSSR count). The van der Waals surface area contributed by atoms with Gasteiger partial charge in [0.2, 0.25) is 0 Å². The number of H-pyrrole nitrogens is 1. The van der Waals surface area contributed by atoms with E-state index in [0.29, 0.717) is 29.6 Å². The molecular formula is C25H22ClN5O. The highest BCUT2D eigenvalue weighted by Gasteiger charge is 2.21. The zero-order chi connectivity index (χ0) is 22.1. The molecule has 0 unspecified atom stereocenters. The lowest BCUT2D eigenvalue weighted by atomic mass is 10.1. The lowest BCUT2D eigenvalue weighted by Crippen LogP contribution is -2.35. The van der Waals surface area contributed by atoms with Crippen molar-refractivity contribution in [1.29, 1.82) is 0 Å². The Labute approximate surface area is 190 Å². The van der Waals surface area contributed by atoms with Crippen molar-refractivity contribution in [2.24, 2.45) is 0 Å². The van der Waals surface area contributed by atoms with E-state index in [0.717, 1.165) is 46.6 Å². The number of nitrogen functional groups attached to an aromatic ring is 1. The van der Waals surface area contributed by atoms with Gasteiger partial charge >= 0.3 is 0 Å². The predicted molar refractivity (Wildman–Crippen MR) is 127 cm³/mol. The summed E-state index contributed by atoms with van der Waals surface area (Å²) in [5, 5.41) is 0.686. The SMILES string of the molecule is Nc1ccc(-c2nc3c(c(=O)[nH]2)CN(Cc2ccc(-c4ccccc4Cl)nc2)CC3)cc1. The molecule has 3 heterocycles. The van der Waals surface area contributed by atoms with E-state index in [9.17, 15) is 4.79 Å². The largest absolute Gasteiger partial charge is 0.399 e. The van der Waals surface area contributed by atoms with Gasteiger partial charge in [0, 0.05) is 54.1 Å².